The van der Waals surface area contributed by atoms with Gasteiger partial charge in [0.25, 0.3) is 0 Å². The van der Waals surface area contributed by atoms with Gasteiger partial charge >= 0.3 is 106 Å². The second kappa shape index (κ2) is 19.8. The summed E-state index contributed by atoms with van der Waals surface area (Å²) in [4.78, 5) is 44.4. The molecule has 0 rings (SSSR count). The van der Waals surface area contributed by atoms with Gasteiger partial charge in [0.2, 0.25) is 0 Å². The van der Waals surface area contributed by atoms with Gasteiger partial charge in [-0.15, -0.1) is 0 Å². The molecule has 0 radical (unpaired) electrons. The van der Waals surface area contributed by atoms with Crippen LogP contribution in [0.4, 0.5) is 0 Å². The van der Waals surface area contributed by atoms with E-state index in [0.717, 1.165) is 9.80 Å². The first kappa shape index (κ1) is 35.6. The Hall–Kier alpha value is 0.526. The van der Waals surface area contributed by atoms with Gasteiger partial charge in [0.05, 0.1) is 26.2 Å². The molecule has 0 aromatic rings. The molecule has 0 amide bonds. The summed E-state index contributed by atoms with van der Waals surface area (Å²) < 4.78 is 0. The fraction of sp³-hybridized carbons (Fsp3) is 0.600. The Balaban J connectivity index is -0.000000301. The molecule has 14 heteroatoms. The van der Waals surface area contributed by atoms with Gasteiger partial charge in [0.1, 0.15) is 0 Å². The van der Waals surface area contributed by atoms with E-state index in [1.807, 2.05) is 0 Å². The quantitative estimate of drug-likeness (QED) is 0.251. The summed E-state index contributed by atoms with van der Waals surface area (Å²) in [5.74, 6) is -4.91. The van der Waals surface area contributed by atoms with Gasteiger partial charge < -0.3 is 25.9 Å². The summed E-state index contributed by atoms with van der Waals surface area (Å²) in [5, 5.41) is 34.5. The molecule has 0 aliphatic rings. The Kier molecular flexibility index (Phi) is 29.4. The summed E-state index contributed by atoms with van der Waals surface area (Å²) in [6.07, 6.45) is 0. The molecule has 0 unspecified atom stereocenters. The molecule has 0 saturated carbocycles. The van der Waals surface area contributed by atoms with Gasteiger partial charge in [0, 0.05) is 13.1 Å². The summed E-state index contributed by atoms with van der Waals surface area (Å²) in [7, 11) is 0. The van der Waals surface area contributed by atoms with Crippen molar-refractivity contribution >= 4 is 106 Å². The topological polar surface area (TPSA) is 187 Å². The van der Waals surface area contributed by atoms with Crippen molar-refractivity contribution < 1.29 is 45.1 Å². The SMILES string of the molecule is O.O=C(O)CN(CCN(CC(=O)O)CC(=O)O)CC(=O)O.[MgH2].[NaH].[NaH]. The first-order valence-electron chi connectivity index (χ1n) is 5.52. The molecule has 0 aliphatic heterocycles. The van der Waals surface area contributed by atoms with Crippen LogP contribution in [0, 0.1) is 0 Å². The van der Waals surface area contributed by atoms with Crippen LogP contribution < -0.4 is 0 Å². The Morgan fingerprint density at radius 3 is 0.875 bits per heavy atom. The molecule has 11 nitrogen and oxygen atoms in total. The van der Waals surface area contributed by atoms with E-state index in [1.165, 1.54) is 0 Å². The van der Waals surface area contributed by atoms with Gasteiger partial charge in [-0.25, -0.2) is 0 Å². The molecule has 0 spiro atoms. The van der Waals surface area contributed by atoms with E-state index in [1.54, 1.807) is 0 Å². The van der Waals surface area contributed by atoms with Gasteiger partial charge in [-0.2, -0.15) is 0 Å². The number of carbonyl (C=O) groups is 4. The molecule has 0 atom stereocenters. The maximum atomic E-state index is 10.6. The van der Waals surface area contributed by atoms with Crippen molar-refractivity contribution in [3.05, 3.63) is 0 Å². The molecular formula is C10H22MgN2Na2O9. The number of nitrogens with zero attached hydrogens (tertiary/aromatic N) is 2. The Morgan fingerprint density at radius 2 is 0.750 bits per heavy atom. The molecule has 0 fully saturated rings. The summed E-state index contributed by atoms with van der Waals surface area (Å²) >= 11 is 0. The zero-order chi connectivity index (χ0) is 15.7. The van der Waals surface area contributed by atoms with Gasteiger partial charge in [-0.05, 0) is 0 Å². The second-order valence-corrected chi connectivity index (χ2v) is 4.00. The summed E-state index contributed by atoms with van der Waals surface area (Å²) in [6, 6.07) is 0. The van der Waals surface area contributed by atoms with E-state index in [2.05, 4.69) is 0 Å². The van der Waals surface area contributed by atoms with Crippen LogP contribution in [0.3, 0.4) is 0 Å². The molecule has 6 N–H and O–H groups in total. The van der Waals surface area contributed by atoms with Crippen LogP contribution in [0.5, 0.6) is 0 Å². The van der Waals surface area contributed by atoms with E-state index in [-0.39, 0.29) is 101 Å². The minimum atomic E-state index is -1.23. The van der Waals surface area contributed by atoms with Crippen LogP contribution in [0.15, 0.2) is 0 Å². The molecule has 0 aromatic heterocycles. The van der Waals surface area contributed by atoms with Crippen molar-refractivity contribution in [2.45, 2.75) is 0 Å². The molecule has 130 valence electrons. The zero-order valence-electron chi connectivity index (χ0n) is 11.1. The third-order valence-corrected chi connectivity index (χ3v) is 2.17. The molecule has 0 aromatic carbocycles. The monoisotopic (exact) mass is 384 g/mol. The van der Waals surface area contributed by atoms with Crippen molar-refractivity contribution in [3.8, 4) is 0 Å². The molecule has 0 saturated heterocycles. The van der Waals surface area contributed by atoms with E-state index >= 15 is 0 Å². The first-order valence-corrected chi connectivity index (χ1v) is 5.52. The Morgan fingerprint density at radius 1 is 0.583 bits per heavy atom. The van der Waals surface area contributed by atoms with Crippen molar-refractivity contribution in [2.75, 3.05) is 39.3 Å². The predicted molar refractivity (Wildman–Crippen MR) is 89.9 cm³/mol. The van der Waals surface area contributed by atoms with E-state index in [4.69, 9.17) is 20.4 Å². The van der Waals surface area contributed by atoms with Crippen LogP contribution in [-0.2, 0) is 19.2 Å². The van der Waals surface area contributed by atoms with Crippen LogP contribution in [-0.4, -0.2) is 181 Å². The van der Waals surface area contributed by atoms with Crippen LogP contribution in [0.1, 0.15) is 0 Å². The third-order valence-electron chi connectivity index (χ3n) is 2.17. The predicted octanol–water partition coefficient (Wildman–Crippen LogP) is -5.11. The van der Waals surface area contributed by atoms with Crippen LogP contribution >= 0.6 is 0 Å². The molecule has 0 heterocycles. The van der Waals surface area contributed by atoms with E-state index < -0.39 is 50.1 Å². The fourth-order valence-electron chi connectivity index (χ4n) is 1.48. The Bertz CT molecular complexity index is 333. The van der Waals surface area contributed by atoms with E-state index in [9.17, 15) is 19.2 Å². The first-order chi connectivity index (χ1) is 9.20. The van der Waals surface area contributed by atoms with Crippen molar-refractivity contribution in [2.24, 2.45) is 0 Å². The van der Waals surface area contributed by atoms with E-state index in [0.29, 0.717) is 0 Å². The standard InChI is InChI=1S/C10H16N2O8.Mg.2Na.H2O.4H/c13-7(14)3-11(4-8(15)16)1-2-12(5-9(17)18)6-10(19)20;;;;;;;;/h1-6H2,(H,13,14)(H,15,16)(H,17,18)(H,19,20);;;;1H2;;;;. The summed E-state index contributed by atoms with van der Waals surface area (Å²) in [6.45, 7) is -2.25. The number of carboxylic acid groups (broad SMARTS) is 4. The number of carboxylic acids is 4. The van der Waals surface area contributed by atoms with Crippen molar-refractivity contribution in [1.29, 1.82) is 0 Å². The molecular weight excluding hydrogens is 362 g/mol. The van der Waals surface area contributed by atoms with Gasteiger partial charge in [0.15, 0.2) is 0 Å². The number of hydrogen-bond donors (Lipinski definition) is 4. The normalized spacial score (nSPS) is 8.92. The van der Waals surface area contributed by atoms with Crippen LogP contribution in [0.2, 0.25) is 0 Å². The third kappa shape index (κ3) is 22.5. The zero-order valence-corrected chi connectivity index (χ0v) is 11.1. The van der Waals surface area contributed by atoms with Crippen molar-refractivity contribution in [1.82, 2.24) is 9.80 Å². The number of rotatable bonds is 11. The summed E-state index contributed by atoms with van der Waals surface area (Å²) in [5.41, 5.74) is 0. The molecule has 24 heavy (non-hydrogen) atoms. The average Bonchev–Trinajstić information content (AvgIpc) is 2.22. The average molecular weight is 385 g/mol. The van der Waals surface area contributed by atoms with Gasteiger partial charge in [-0.1, -0.05) is 0 Å². The van der Waals surface area contributed by atoms with Gasteiger partial charge in [-0.3, -0.25) is 29.0 Å². The Labute approximate surface area is 198 Å². The molecule has 0 aliphatic carbocycles. The number of hydrogen-bond acceptors (Lipinski definition) is 6. The number of aliphatic carboxylic acids is 4. The fourth-order valence-corrected chi connectivity index (χ4v) is 1.48. The second-order valence-electron chi connectivity index (χ2n) is 4.00. The molecule has 0 bridgehead atoms. The minimum absolute atomic E-state index is 0. The van der Waals surface area contributed by atoms with Crippen LogP contribution in [0.25, 0.3) is 0 Å². The maximum absolute atomic E-state index is 10.6. The van der Waals surface area contributed by atoms with Crippen molar-refractivity contribution in [3.63, 3.8) is 0 Å².